The zero-order chi connectivity index (χ0) is 12.6. The fourth-order valence-corrected chi connectivity index (χ4v) is 2.32. The van der Waals surface area contributed by atoms with Gasteiger partial charge < -0.3 is 10.2 Å². The molecule has 0 radical (unpaired) electrons. The van der Waals surface area contributed by atoms with Gasteiger partial charge >= 0.3 is 11.9 Å². The number of fused-ring (bicyclic) bond motifs is 1. The van der Waals surface area contributed by atoms with Crippen molar-refractivity contribution in [1.82, 2.24) is 4.98 Å². The summed E-state index contributed by atoms with van der Waals surface area (Å²) in [5, 5.41) is 18.4. The minimum atomic E-state index is -1.11. The molecule has 86 valence electrons. The van der Waals surface area contributed by atoms with Crippen molar-refractivity contribution in [2.45, 2.75) is 0 Å². The SMILES string of the molecule is O=C(O)c1ccc2c(I)c(C(=O)O)ccc2n1. The lowest BCUT2D eigenvalue weighted by molar-refractivity contribution is 0.0682. The van der Waals surface area contributed by atoms with E-state index in [1.165, 1.54) is 18.2 Å². The highest BCUT2D eigenvalue weighted by molar-refractivity contribution is 14.1. The van der Waals surface area contributed by atoms with Crippen LogP contribution >= 0.6 is 22.6 Å². The zero-order valence-electron chi connectivity index (χ0n) is 8.35. The Balaban J connectivity index is 2.72. The van der Waals surface area contributed by atoms with E-state index < -0.39 is 11.9 Å². The Morgan fingerprint density at radius 2 is 1.76 bits per heavy atom. The monoisotopic (exact) mass is 343 g/mol. The van der Waals surface area contributed by atoms with Gasteiger partial charge in [0.2, 0.25) is 0 Å². The highest BCUT2D eigenvalue weighted by atomic mass is 127. The van der Waals surface area contributed by atoms with E-state index >= 15 is 0 Å². The van der Waals surface area contributed by atoms with Gasteiger partial charge in [0.25, 0.3) is 0 Å². The van der Waals surface area contributed by atoms with Gasteiger partial charge in [0.05, 0.1) is 11.1 Å². The first-order valence-electron chi connectivity index (χ1n) is 4.56. The number of carboxylic acid groups (broad SMARTS) is 2. The van der Waals surface area contributed by atoms with Gasteiger partial charge in [-0.3, -0.25) is 0 Å². The third-order valence-electron chi connectivity index (χ3n) is 2.26. The first kappa shape index (κ1) is 11.8. The molecule has 0 saturated heterocycles. The maximum atomic E-state index is 10.9. The lowest BCUT2D eigenvalue weighted by Gasteiger charge is -2.04. The van der Waals surface area contributed by atoms with E-state index in [0.717, 1.165) is 0 Å². The molecule has 0 amide bonds. The Hall–Kier alpha value is -1.70. The largest absolute Gasteiger partial charge is 0.478 e. The number of aromatic carboxylic acids is 2. The van der Waals surface area contributed by atoms with Gasteiger partial charge in [-0.15, -0.1) is 0 Å². The molecule has 0 fully saturated rings. The number of benzene rings is 1. The van der Waals surface area contributed by atoms with E-state index in [4.69, 9.17) is 10.2 Å². The molecule has 2 aromatic rings. The van der Waals surface area contributed by atoms with E-state index in [9.17, 15) is 9.59 Å². The molecule has 0 bridgehead atoms. The molecule has 5 nitrogen and oxygen atoms in total. The fraction of sp³-hybridized carbons (Fsp3) is 0. The van der Waals surface area contributed by atoms with Gasteiger partial charge in [0.15, 0.2) is 0 Å². The summed E-state index contributed by atoms with van der Waals surface area (Å²) in [6, 6.07) is 5.86. The van der Waals surface area contributed by atoms with E-state index in [1.807, 2.05) is 22.6 Å². The van der Waals surface area contributed by atoms with E-state index in [2.05, 4.69) is 4.98 Å². The van der Waals surface area contributed by atoms with Crippen molar-refractivity contribution >= 4 is 45.4 Å². The molecule has 0 saturated carbocycles. The van der Waals surface area contributed by atoms with Crippen molar-refractivity contribution in [1.29, 1.82) is 0 Å². The maximum absolute atomic E-state index is 10.9. The van der Waals surface area contributed by atoms with Crippen LogP contribution in [-0.4, -0.2) is 27.1 Å². The third-order valence-corrected chi connectivity index (χ3v) is 3.42. The minimum Gasteiger partial charge on any atom is -0.478 e. The Morgan fingerprint density at radius 1 is 1.06 bits per heavy atom. The zero-order valence-corrected chi connectivity index (χ0v) is 10.5. The normalized spacial score (nSPS) is 10.4. The second-order valence-corrected chi connectivity index (χ2v) is 4.38. The Kier molecular flexibility index (Phi) is 2.97. The third kappa shape index (κ3) is 2.07. The number of nitrogens with zero attached hydrogens (tertiary/aromatic N) is 1. The molecule has 0 unspecified atom stereocenters. The van der Waals surface area contributed by atoms with Crippen LogP contribution in [0.1, 0.15) is 20.8 Å². The molecular weight excluding hydrogens is 337 g/mol. The molecule has 0 spiro atoms. The van der Waals surface area contributed by atoms with Crippen molar-refractivity contribution in [3.63, 3.8) is 0 Å². The minimum absolute atomic E-state index is 0.0589. The van der Waals surface area contributed by atoms with E-state index in [1.54, 1.807) is 6.07 Å². The predicted molar refractivity (Wildman–Crippen MR) is 68.4 cm³/mol. The van der Waals surface area contributed by atoms with Crippen LogP contribution < -0.4 is 0 Å². The average molecular weight is 343 g/mol. The quantitative estimate of drug-likeness (QED) is 0.817. The standard InChI is InChI=1S/C11H6INO4/c12-9-5-1-4-8(11(16)17)13-7(5)3-2-6(9)10(14)15/h1-4H,(H,14,15)(H,16,17). The second kappa shape index (κ2) is 4.28. The number of hydrogen-bond donors (Lipinski definition) is 2. The lowest BCUT2D eigenvalue weighted by Crippen LogP contribution is -2.03. The number of halogens is 1. The maximum Gasteiger partial charge on any atom is 0.354 e. The topological polar surface area (TPSA) is 87.5 Å². The molecular formula is C11H6INO4. The fourth-order valence-electron chi connectivity index (χ4n) is 1.45. The number of carbonyl (C=O) groups is 2. The molecule has 2 rings (SSSR count). The van der Waals surface area contributed by atoms with Gasteiger partial charge in [0, 0.05) is 8.96 Å². The van der Waals surface area contributed by atoms with Crippen molar-refractivity contribution < 1.29 is 19.8 Å². The molecule has 6 heteroatoms. The van der Waals surface area contributed by atoms with Gasteiger partial charge in [-0.05, 0) is 46.9 Å². The van der Waals surface area contributed by atoms with E-state index in [0.29, 0.717) is 14.5 Å². The highest BCUT2D eigenvalue weighted by Gasteiger charge is 2.13. The molecule has 1 heterocycles. The summed E-state index contributed by atoms with van der Waals surface area (Å²) in [5.41, 5.74) is 0.596. The smallest absolute Gasteiger partial charge is 0.354 e. The number of rotatable bonds is 2. The molecule has 0 atom stereocenters. The van der Waals surface area contributed by atoms with Crippen molar-refractivity contribution in [3.05, 3.63) is 39.1 Å². The Bertz CT molecular complexity index is 639. The van der Waals surface area contributed by atoms with Crippen LogP contribution in [0.3, 0.4) is 0 Å². The summed E-state index contributed by atoms with van der Waals surface area (Å²) in [7, 11) is 0. The number of aromatic nitrogens is 1. The Morgan fingerprint density at radius 3 is 2.35 bits per heavy atom. The number of hydrogen-bond acceptors (Lipinski definition) is 3. The van der Waals surface area contributed by atoms with Crippen LogP contribution in [0.4, 0.5) is 0 Å². The number of carboxylic acids is 2. The average Bonchev–Trinajstić information content (AvgIpc) is 2.28. The second-order valence-electron chi connectivity index (χ2n) is 3.30. The molecule has 2 N–H and O–H groups in total. The van der Waals surface area contributed by atoms with Crippen molar-refractivity contribution in [2.75, 3.05) is 0 Å². The molecule has 0 aliphatic heterocycles. The summed E-state index contributed by atoms with van der Waals surface area (Å²) in [6.07, 6.45) is 0. The summed E-state index contributed by atoms with van der Waals surface area (Å²) >= 11 is 1.91. The van der Waals surface area contributed by atoms with Gasteiger partial charge in [-0.2, -0.15) is 0 Å². The Labute approximate surface area is 109 Å². The van der Waals surface area contributed by atoms with Crippen LogP contribution in [0, 0.1) is 3.57 Å². The highest BCUT2D eigenvalue weighted by Crippen LogP contribution is 2.23. The number of pyridine rings is 1. The molecule has 1 aromatic heterocycles. The van der Waals surface area contributed by atoms with Crippen LogP contribution in [0.5, 0.6) is 0 Å². The molecule has 0 aliphatic rings. The summed E-state index contributed by atoms with van der Waals surface area (Å²) in [5.74, 6) is -2.12. The van der Waals surface area contributed by atoms with Gasteiger partial charge in [-0.1, -0.05) is 0 Å². The predicted octanol–water partition coefficient (Wildman–Crippen LogP) is 2.24. The summed E-state index contributed by atoms with van der Waals surface area (Å²) < 4.78 is 0.553. The van der Waals surface area contributed by atoms with Crippen LogP contribution in [0.25, 0.3) is 10.9 Å². The van der Waals surface area contributed by atoms with Crippen LogP contribution in [0.2, 0.25) is 0 Å². The first-order chi connectivity index (χ1) is 8.00. The van der Waals surface area contributed by atoms with Crippen molar-refractivity contribution in [3.8, 4) is 0 Å². The van der Waals surface area contributed by atoms with Crippen molar-refractivity contribution in [2.24, 2.45) is 0 Å². The van der Waals surface area contributed by atoms with Gasteiger partial charge in [-0.25, -0.2) is 14.6 Å². The van der Waals surface area contributed by atoms with E-state index in [-0.39, 0.29) is 11.3 Å². The molecule has 1 aromatic carbocycles. The van der Waals surface area contributed by atoms with Crippen LogP contribution in [0.15, 0.2) is 24.3 Å². The summed E-state index contributed by atoms with van der Waals surface area (Å²) in [6.45, 7) is 0. The molecule has 17 heavy (non-hydrogen) atoms. The lowest BCUT2D eigenvalue weighted by atomic mass is 10.1. The van der Waals surface area contributed by atoms with Crippen LogP contribution in [-0.2, 0) is 0 Å². The summed E-state index contributed by atoms with van der Waals surface area (Å²) in [4.78, 5) is 25.6. The van der Waals surface area contributed by atoms with Gasteiger partial charge in [0.1, 0.15) is 5.69 Å². The molecule has 0 aliphatic carbocycles. The first-order valence-corrected chi connectivity index (χ1v) is 5.64.